The zero-order valence-electron chi connectivity index (χ0n) is 9.19. The Labute approximate surface area is 98.4 Å². The maximum absolute atomic E-state index is 6.02. The maximum atomic E-state index is 6.02. The van der Waals surface area contributed by atoms with Crippen molar-refractivity contribution in [3.63, 3.8) is 0 Å². The van der Waals surface area contributed by atoms with E-state index >= 15 is 0 Å². The lowest BCUT2D eigenvalue weighted by Gasteiger charge is -2.09. The van der Waals surface area contributed by atoms with Crippen LogP contribution in [0.1, 0.15) is 6.92 Å². The lowest BCUT2D eigenvalue weighted by molar-refractivity contribution is 0.158. The number of nitrogens with one attached hydrogen (secondary N) is 1. The van der Waals surface area contributed by atoms with E-state index in [0.717, 1.165) is 34.7 Å². The molecule has 2 aromatic rings. The number of nitrogens with zero attached hydrogens (tertiary/aromatic N) is 1. The summed E-state index contributed by atoms with van der Waals surface area (Å²) < 4.78 is 6.37. The lowest BCUT2D eigenvalue weighted by atomic mass is 10.2. The van der Waals surface area contributed by atoms with Crippen LogP contribution in [0.4, 0.5) is 11.4 Å². The van der Waals surface area contributed by atoms with Crippen LogP contribution in [0.3, 0.4) is 0 Å². The number of nitrogens with two attached hydrogens (primary N) is 1. The van der Waals surface area contributed by atoms with Crippen molar-refractivity contribution in [2.45, 2.75) is 6.92 Å². The summed E-state index contributed by atoms with van der Waals surface area (Å²) in [4.78, 5) is 4.25. The normalized spacial score (nSPS) is 10.8. The standard InChI is InChI=1S/C11H15N3OS/c1-2-15-6-5-13-8-3-4-9-11(10(8)12)14-7-16-9/h3-4,7,13H,2,5-6,12H2,1H3. The van der Waals surface area contributed by atoms with Gasteiger partial charge in [-0.15, -0.1) is 11.3 Å². The van der Waals surface area contributed by atoms with Gasteiger partial charge in [-0.3, -0.25) is 0 Å². The van der Waals surface area contributed by atoms with Crippen LogP contribution in [-0.4, -0.2) is 24.7 Å². The van der Waals surface area contributed by atoms with Crippen molar-refractivity contribution in [1.82, 2.24) is 4.98 Å². The Balaban J connectivity index is 2.09. The summed E-state index contributed by atoms with van der Waals surface area (Å²) in [7, 11) is 0. The van der Waals surface area contributed by atoms with Gasteiger partial charge in [-0.05, 0) is 19.1 Å². The average molecular weight is 237 g/mol. The monoisotopic (exact) mass is 237 g/mol. The van der Waals surface area contributed by atoms with Gasteiger partial charge < -0.3 is 15.8 Å². The molecule has 5 heteroatoms. The van der Waals surface area contributed by atoms with Gasteiger partial charge in [0.05, 0.1) is 28.2 Å². The molecule has 0 saturated heterocycles. The number of aromatic nitrogens is 1. The Bertz CT molecular complexity index is 469. The highest BCUT2D eigenvalue weighted by atomic mass is 32.1. The second-order valence-corrected chi connectivity index (χ2v) is 4.24. The Morgan fingerprint density at radius 2 is 2.38 bits per heavy atom. The van der Waals surface area contributed by atoms with Gasteiger partial charge in [-0.25, -0.2) is 4.98 Å². The molecule has 1 aromatic heterocycles. The second kappa shape index (κ2) is 5.14. The largest absolute Gasteiger partial charge is 0.395 e. The van der Waals surface area contributed by atoms with Crippen molar-refractivity contribution in [1.29, 1.82) is 0 Å². The van der Waals surface area contributed by atoms with Crippen molar-refractivity contribution in [3.05, 3.63) is 17.6 Å². The first-order chi connectivity index (χ1) is 7.83. The molecular weight excluding hydrogens is 222 g/mol. The zero-order chi connectivity index (χ0) is 11.4. The summed E-state index contributed by atoms with van der Waals surface area (Å²) in [5.41, 5.74) is 10.4. The van der Waals surface area contributed by atoms with Crippen LogP contribution in [0.2, 0.25) is 0 Å². The maximum Gasteiger partial charge on any atom is 0.106 e. The number of benzene rings is 1. The molecule has 0 bridgehead atoms. The zero-order valence-corrected chi connectivity index (χ0v) is 10.0. The van der Waals surface area contributed by atoms with Gasteiger partial charge in [0.15, 0.2) is 0 Å². The first-order valence-electron chi connectivity index (χ1n) is 5.26. The number of fused-ring (bicyclic) bond motifs is 1. The third-order valence-electron chi connectivity index (χ3n) is 2.31. The van der Waals surface area contributed by atoms with Gasteiger partial charge in [0, 0.05) is 13.2 Å². The van der Waals surface area contributed by atoms with E-state index in [2.05, 4.69) is 10.3 Å². The molecule has 0 spiro atoms. The van der Waals surface area contributed by atoms with Crippen LogP contribution in [0, 0.1) is 0 Å². The highest BCUT2D eigenvalue weighted by Crippen LogP contribution is 2.29. The third-order valence-corrected chi connectivity index (χ3v) is 3.10. The summed E-state index contributed by atoms with van der Waals surface area (Å²) in [5.74, 6) is 0. The molecule has 0 unspecified atom stereocenters. The summed E-state index contributed by atoms with van der Waals surface area (Å²) >= 11 is 1.60. The molecule has 0 aliphatic carbocycles. The van der Waals surface area contributed by atoms with E-state index in [9.17, 15) is 0 Å². The number of hydrogen-bond donors (Lipinski definition) is 2. The molecule has 16 heavy (non-hydrogen) atoms. The van der Waals surface area contributed by atoms with E-state index in [0.29, 0.717) is 6.61 Å². The van der Waals surface area contributed by atoms with Crippen LogP contribution in [0.15, 0.2) is 17.6 Å². The number of nitrogen functional groups attached to an aromatic ring is 1. The van der Waals surface area contributed by atoms with E-state index in [4.69, 9.17) is 10.5 Å². The van der Waals surface area contributed by atoms with Gasteiger partial charge >= 0.3 is 0 Å². The second-order valence-electron chi connectivity index (χ2n) is 3.35. The molecule has 0 saturated carbocycles. The summed E-state index contributed by atoms with van der Waals surface area (Å²) in [6, 6.07) is 4.02. The van der Waals surface area contributed by atoms with E-state index in [1.807, 2.05) is 24.6 Å². The fourth-order valence-electron chi connectivity index (χ4n) is 1.51. The molecule has 3 N–H and O–H groups in total. The number of thiazole rings is 1. The van der Waals surface area contributed by atoms with Gasteiger partial charge in [-0.1, -0.05) is 0 Å². The smallest absolute Gasteiger partial charge is 0.106 e. The molecule has 2 rings (SSSR count). The molecule has 0 amide bonds. The minimum Gasteiger partial charge on any atom is -0.395 e. The van der Waals surface area contributed by atoms with E-state index < -0.39 is 0 Å². The van der Waals surface area contributed by atoms with E-state index in [1.54, 1.807) is 11.3 Å². The minimum atomic E-state index is 0.686. The van der Waals surface area contributed by atoms with E-state index in [1.165, 1.54) is 0 Å². The van der Waals surface area contributed by atoms with Crippen molar-refractivity contribution >= 4 is 32.9 Å². The number of rotatable bonds is 5. The number of hydrogen-bond acceptors (Lipinski definition) is 5. The topological polar surface area (TPSA) is 60.2 Å². The van der Waals surface area contributed by atoms with Crippen molar-refractivity contribution < 1.29 is 4.74 Å². The first kappa shape index (κ1) is 11.2. The molecule has 4 nitrogen and oxygen atoms in total. The van der Waals surface area contributed by atoms with Crippen LogP contribution >= 0.6 is 11.3 Å². The van der Waals surface area contributed by atoms with Gasteiger partial charge in [-0.2, -0.15) is 0 Å². The average Bonchev–Trinajstić information content (AvgIpc) is 2.76. The fraction of sp³-hybridized carbons (Fsp3) is 0.364. The molecule has 0 fully saturated rings. The van der Waals surface area contributed by atoms with Crippen LogP contribution in [0.25, 0.3) is 10.2 Å². The van der Waals surface area contributed by atoms with Gasteiger partial charge in [0.25, 0.3) is 0 Å². The SMILES string of the molecule is CCOCCNc1ccc2scnc2c1N. The Hall–Kier alpha value is -1.33. The molecular formula is C11H15N3OS. The number of anilines is 2. The molecule has 86 valence electrons. The van der Waals surface area contributed by atoms with Crippen molar-refractivity contribution in [3.8, 4) is 0 Å². The van der Waals surface area contributed by atoms with Crippen molar-refractivity contribution in [2.24, 2.45) is 0 Å². The molecule has 1 heterocycles. The highest BCUT2D eigenvalue weighted by molar-refractivity contribution is 7.16. The molecule has 0 radical (unpaired) electrons. The predicted octanol–water partition coefficient (Wildman–Crippen LogP) is 2.33. The summed E-state index contributed by atoms with van der Waals surface area (Å²) in [5, 5.41) is 3.24. The fourth-order valence-corrected chi connectivity index (χ4v) is 2.20. The quantitative estimate of drug-likeness (QED) is 0.619. The summed E-state index contributed by atoms with van der Waals surface area (Å²) in [6.07, 6.45) is 0. The van der Waals surface area contributed by atoms with Crippen LogP contribution in [-0.2, 0) is 4.74 Å². The van der Waals surface area contributed by atoms with E-state index in [-0.39, 0.29) is 0 Å². The predicted molar refractivity (Wildman–Crippen MR) is 69.0 cm³/mol. The first-order valence-corrected chi connectivity index (χ1v) is 6.14. The van der Waals surface area contributed by atoms with Crippen LogP contribution < -0.4 is 11.1 Å². The molecule has 1 aromatic carbocycles. The Morgan fingerprint density at radius 1 is 1.50 bits per heavy atom. The number of ether oxygens (including phenoxy) is 1. The lowest BCUT2D eigenvalue weighted by Crippen LogP contribution is -2.10. The Morgan fingerprint density at radius 3 is 3.19 bits per heavy atom. The Kier molecular flexibility index (Phi) is 3.58. The third kappa shape index (κ3) is 2.25. The molecule has 0 aliphatic heterocycles. The van der Waals surface area contributed by atoms with Crippen molar-refractivity contribution in [2.75, 3.05) is 30.8 Å². The minimum absolute atomic E-state index is 0.686. The molecule has 0 atom stereocenters. The van der Waals surface area contributed by atoms with Gasteiger partial charge in [0.1, 0.15) is 5.52 Å². The van der Waals surface area contributed by atoms with Crippen LogP contribution in [0.5, 0.6) is 0 Å². The summed E-state index contributed by atoms with van der Waals surface area (Å²) in [6.45, 7) is 4.16. The van der Waals surface area contributed by atoms with Gasteiger partial charge in [0.2, 0.25) is 0 Å². The molecule has 0 aliphatic rings. The highest BCUT2D eigenvalue weighted by Gasteiger charge is 2.05.